The van der Waals surface area contributed by atoms with E-state index in [1.807, 2.05) is 132 Å². The molecule has 216 valence electrons. The molecule has 0 radical (unpaired) electrons. The summed E-state index contributed by atoms with van der Waals surface area (Å²) in [6, 6.07) is 39.2. The van der Waals surface area contributed by atoms with Crippen molar-refractivity contribution in [3.63, 3.8) is 0 Å². The third kappa shape index (κ3) is 5.76. The molecule has 0 spiro atoms. The summed E-state index contributed by atoms with van der Waals surface area (Å²) < 4.78 is 0. The van der Waals surface area contributed by atoms with E-state index in [0.717, 1.165) is 37.5 Å². The van der Waals surface area contributed by atoms with E-state index in [1.165, 1.54) is 11.8 Å². The topological polar surface area (TPSA) is 61.4 Å². The number of para-hydroxylation sites is 1. The van der Waals surface area contributed by atoms with E-state index in [-0.39, 0.29) is 23.2 Å². The normalized spacial score (nSPS) is 17.4. The van der Waals surface area contributed by atoms with Gasteiger partial charge in [-0.1, -0.05) is 109 Å². The number of anilines is 3. The molecule has 1 heterocycles. The van der Waals surface area contributed by atoms with Crippen LogP contribution in [0, 0.1) is 0 Å². The molecule has 5 nitrogen and oxygen atoms in total. The van der Waals surface area contributed by atoms with Crippen LogP contribution in [0.15, 0.2) is 155 Å². The lowest BCUT2D eigenvalue weighted by molar-refractivity contribution is -0.115. The van der Waals surface area contributed by atoms with Crippen molar-refractivity contribution >= 4 is 63.3 Å². The molecule has 7 rings (SSSR count). The first-order valence-corrected chi connectivity index (χ1v) is 16.2. The molecular formula is C37H29N3O2S2. The summed E-state index contributed by atoms with van der Waals surface area (Å²) in [4.78, 5) is 31.5. The number of carbonyl (C=O) groups excluding carboxylic acids is 2. The average Bonchev–Trinajstić information content (AvgIpc) is 3.06. The minimum Gasteiger partial charge on any atom is -0.324 e. The van der Waals surface area contributed by atoms with Gasteiger partial charge < -0.3 is 10.6 Å². The van der Waals surface area contributed by atoms with Crippen molar-refractivity contribution in [3.8, 4) is 0 Å². The number of amides is 3. The molecule has 0 aromatic heterocycles. The molecule has 3 atom stereocenters. The van der Waals surface area contributed by atoms with Crippen LogP contribution >= 0.6 is 23.5 Å². The van der Waals surface area contributed by atoms with Crippen molar-refractivity contribution in [1.82, 2.24) is 0 Å². The molecular weight excluding hydrogens is 583 g/mol. The lowest BCUT2D eigenvalue weighted by Gasteiger charge is -2.40. The third-order valence-corrected chi connectivity index (χ3v) is 10.2. The number of allylic oxidation sites excluding steroid dienone is 2. The molecule has 0 saturated heterocycles. The van der Waals surface area contributed by atoms with Crippen molar-refractivity contribution in [3.05, 3.63) is 151 Å². The van der Waals surface area contributed by atoms with E-state index in [9.17, 15) is 9.59 Å². The first-order valence-electron chi connectivity index (χ1n) is 14.5. The van der Waals surface area contributed by atoms with Crippen LogP contribution in [0.2, 0.25) is 0 Å². The summed E-state index contributed by atoms with van der Waals surface area (Å²) in [7, 11) is 0. The Labute approximate surface area is 265 Å². The van der Waals surface area contributed by atoms with Gasteiger partial charge in [0.2, 0.25) is 5.91 Å². The Kier molecular flexibility index (Phi) is 7.97. The molecule has 1 aliphatic carbocycles. The van der Waals surface area contributed by atoms with Crippen LogP contribution < -0.4 is 15.5 Å². The van der Waals surface area contributed by atoms with Gasteiger partial charge in [-0.05, 0) is 47.3 Å². The fraction of sp³-hybridized carbons (Fsp3) is 0.0811. The standard InChI is InChI=1S/C37H29N3O2S2/c41-36(39-30-19-10-15-25-12-4-5-18-29(25)30)35(26-13-2-1-3-14-26)43-28-17-11-16-27(24-28)38-37(42)40-31-20-6-8-22-33(31)44-34-23-9-7-21-32(34)40/h1-24,31,33,35H,(H,38,42)(H,39,41). The summed E-state index contributed by atoms with van der Waals surface area (Å²) in [5.74, 6) is -0.113. The minimum absolute atomic E-state index is 0.0855. The van der Waals surface area contributed by atoms with Gasteiger partial charge in [0.05, 0.1) is 17.0 Å². The molecule has 3 amide bonds. The van der Waals surface area contributed by atoms with Crippen molar-refractivity contribution in [2.45, 2.75) is 26.3 Å². The summed E-state index contributed by atoms with van der Waals surface area (Å²) in [6.45, 7) is 0. The second-order valence-electron chi connectivity index (χ2n) is 10.6. The average molecular weight is 612 g/mol. The number of benzene rings is 5. The van der Waals surface area contributed by atoms with Crippen LogP contribution in [-0.2, 0) is 4.79 Å². The number of hydrogen-bond donors (Lipinski definition) is 2. The highest BCUT2D eigenvalue weighted by Crippen LogP contribution is 2.44. The lowest BCUT2D eigenvalue weighted by atomic mass is 10.1. The number of urea groups is 1. The summed E-state index contributed by atoms with van der Waals surface area (Å²) in [6.07, 6.45) is 8.27. The van der Waals surface area contributed by atoms with Crippen molar-refractivity contribution in [2.75, 3.05) is 15.5 Å². The SMILES string of the molecule is O=C(Nc1cccc2ccccc12)C(Sc1cccc(NC(=O)N2c3ccccc3SC3C=CC=CC32)c1)c1ccccc1. The third-order valence-electron chi connectivity index (χ3n) is 7.69. The molecule has 44 heavy (non-hydrogen) atoms. The number of fused-ring (bicyclic) bond motifs is 3. The fourth-order valence-corrected chi connectivity index (χ4v) is 7.97. The molecule has 3 unspecified atom stereocenters. The highest BCUT2D eigenvalue weighted by Gasteiger charge is 2.36. The smallest absolute Gasteiger partial charge is 0.324 e. The van der Waals surface area contributed by atoms with Gasteiger partial charge in [0.25, 0.3) is 0 Å². The Morgan fingerprint density at radius 2 is 1.50 bits per heavy atom. The van der Waals surface area contributed by atoms with Gasteiger partial charge in [0, 0.05) is 26.6 Å². The van der Waals surface area contributed by atoms with Crippen LogP contribution in [0.1, 0.15) is 10.8 Å². The van der Waals surface area contributed by atoms with Gasteiger partial charge in [-0.3, -0.25) is 9.69 Å². The molecule has 0 fully saturated rings. The zero-order valence-electron chi connectivity index (χ0n) is 23.7. The molecule has 0 saturated carbocycles. The molecule has 1 aliphatic heterocycles. The Balaban J connectivity index is 1.14. The highest BCUT2D eigenvalue weighted by molar-refractivity contribution is 8.00. The Hall–Kier alpha value is -4.72. The van der Waals surface area contributed by atoms with Gasteiger partial charge in [-0.2, -0.15) is 0 Å². The lowest BCUT2D eigenvalue weighted by Crippen LogP contribution is -2.49. The second-order valence-corrected chi connectivity index (χ2v) is 13.0. The number of carbonyl (C=O) groups is 2. The van der Waals surface area contributed by atoms with Crippen molar-refractivity contribution in [1.29, 1.82) is 0 Å². The number of hydrogen-bond acceptors (Lipinski definition) is 4. The molecule has 2 aliphatic rings. The maximum atomic E-state index is 13.9. The monoisotopic (exact) mass is 611 g/mol. The summed E-state index contributed by atoms with van der Waals surface area (Å²) in [5, 5.41) is 8.02. The van der Waals surface area contributed by atoms with Gasteiger partial charge >= 0.3 is 6.03 Å². The largest absolute Gasteiger partial charge is 0.326 e. The number of nitrogens with one attached hydrogen (secondary N) is 2. The predicted octanol–water partition coefficient (Wildman–Crippen LogP) is 9.32. The van der Waals surface area contributed by atoms with Gasteiger partial charge in [-0.15, -0.1) is 23.5 Å². The first-order chi connectivity index (χ1) is 21.6. The van der Waals surface area contributed by atoms with Crippen molar-refractivity contribution < 1.29 is 9.59 Å². The van der Waals surface area contributed by atoms with E-state index >= 15 is 0 Å². The highest BCUT2D eigenvalue weighted by atomic mass is 32.2. The van der Waals surface area contributed by atoms with E-state index in [1.54, 1.807) is 11.8 Å². The molecule has 0 bridgehead atoms. The van der Waals surface area contributed by atoms with Crippen molar-refractivity contribution in [2.24, 2.45) is 0 Å². The van der Waals surface area contributed by atoms with Crippen LogP contribution in [0.3, 0.4) is 0 Å². The quantitative estimate of drug-likeness (QED) is 0.188. The summed E-state index contributed by atoms with van der Waals surface area (Å²) in [5.41, 5.74) is 3.25. The maximum absolute atomic E-state index is 13.9. The van der Waals surface area contributed by atoms with E-state index in [2.05, 4.69) is 28.9 Å². The summed E-state index contributed by atoms with van der Waals surface area (Å²) >= 11 is 3.24. The molecule has 2 N–H and O–H groups in total. The van der Waals surface area contributed by atoms with E-state index in [4.69, 9.17) is 0 Å². The van der Waals surface area contributed by atoms with Crippen LogP contribution in [-0.4, -0.2) is 23.2 Å². The van der Waals surface area contributed by atoms with E-state index < -0.39 is 5.25 Å². The Morgan fingerprint density at radius 1 is 0.750 bits per heavy atom. The van der Waals surface area contributed by atoms with Crippen LogP contribution in [0.25, 0.3) is 10.8 Å². The molecule has 5 aromatic carbocycles. The van der Waals surface area contributed by atoms with Gasteiger partial charge in [-0.25, -0.2) is 4.79 Å². The Bertz CT molecular complexity index is 1900. The van der Waals surface area contributed by atoms with Crippen LogP contribution in [0.5, 0.6) is 0 Å². The fourth-order valence-electron chi connectivity index (χ4n) is 5.63. The van der Waals surface area contributed by atoms with Gasteiger partial charge in [0.1, 0.15) is 5.25 Å². The number of rotatable bonds is 6. The zero-order valence-corrected chi connectivity index (χ0v) is 25.3. The second kappa shape index (κ2) is 12.5. The minimum atomic E-state index is -0.507. The number of nitrogens with zero attached hydrogens (tertiary/aromatic N) is 1. The Morgan fingerprint density at radius 3 is 2.41 bits per heavy atom. The molecule has 5 aromatic rings. The first kappa shape index (κ1) is 28.1. The van der Waals surface area contributed by atoms with Gasteiger partial charge in [0.15, 0.2) is 0 Å². The zero-order chi connectivity index (χ0) is 29.9. The number of thioether (sulfide) groups is 2. The maximum Gasteiger partial charge on any atom is 0.326 e. The molecule has 7 heteroatoms. The van der Waals surface area contributed by atoms with E-state index in [0.29, 0.717) is 5.69 Å². The predicted molar refractivity (Wildman–Crippen MR) is 184 cm³/mol. The van der Waals surface area contributed by atoms with Crippen LogP contribution in [0.4, 0.5) is 21.9 Å².